The highest BCUT2D eigenvalue weighted by Crippen LogP contribution is 2.31. The molecule has 0 aromatic heterocycles. The Morgan fingerprint density at radius 2 is 1.51 bits per heavy atom. The Labute approximate surface area is 203 Å². The Morgan fingerprint density at radius 3 is 2.23 bits per heavy atom. The van der Waals surface area contributed by atoms with Gasteiger partial charge in [0.25, 0.3) is 5.91 Å². The van der Waals surface area contributed by atoms with E-state index in [0.29, 0.717) is 43.4 Å². The van der Waals surface area contributed by atoms with Gasteiger partial charge in [-0.05, 0) is 42.0 Å². The lowest BCUT2D eigenvalue weighted by atomic mass is 10.0. The van der Waals surface area contributed by atoms with Gasteiger partial charge in [-0.2, -0.15) is 0 Å². The van der Waals surface area contributed by atoms with Crippen LogP contribution in [0.5, 0.6) is 11.5 Å². The number of hydrogen-bond donors (Lipinski definition) is 1. The van der Waals surface area contributed by atoms with Gasteiger partial charge in [-0.15, -0.1) is 0 Å². The summed E-state index contributed by atoms with van der Waals surface area (Å²) in [6.45, 7) is 2.14. The number of nitrogens with one attached hydrogen (secondary N) is 1. The second-order valence-electron chi connectivity index (χ2n) is 8.53. The Morgan fingerprint density at radius 1 is 0.857 bits per heavy atom. The molecule has 2 aliphatic heterocycles. The van der Waals surface area contributed by atoms with Crippen molar-refractivity contribution in [3.05, 3.63) is 90.2 Å². The summed E-state index contributed by atoms with van der Waals surface area (Å²) in [6.07, 6.45) is -0.692. The molecule has 7 nitrogen and oxygen atoms in total. The number of piperazine rings is 1. The van der Waals surface area contributed by atoms with Gasteiger partial charge in [0.2, 0.25) is 12.0 Å². The van der Waals surface area contributed by atoms with Crippen molar-refractivity contribution in [3.8, 4) is 11.5 Å². The zero-order valence-electron chi connectivity index (χ0n) is 19.1. The number of carbonyl (C=O) groups is 2. The Hall–Kier alpha value is -3.91. The first-order chi connectivity index (χ1) is 17.1. The summed E-state index contributed by atoms with van der Waals surface area (Å²) >= 11 is 0. The molecule has 1 fully saturated rings. The topological polar surface area (TPSA) is 71.1 Å². The van der Waals surface area contributed by atoms with E-state index in [1.807, 2.05) is 48.5 Å². The van der Waals surface area contributed by atoms with Crippen molar-refractivity contribution in [3.63, 3.8) is 0 Å². The third-order valence-electron chi connectivity index (χ3n) is 6.25. The standard InChI is InChI=1S/C27H26FN3O4/c28-20-10-12-21(13-11-20)29-26(32)25(19-6-2-1-3-7-19)30-14-16-31(17-15-30)27(33)24-18-34-22-8-4-5-9-23(22)35-24/h1-13,24-25H,14-18H2,(H,29,32)/t24-,25-/m1/s1. The fraction of sp³-hybridized carbons (Fsp3) is 0.259. The zero-order valence-corrected chi connectivity index (χ0v) is 19.1. The van der Waals surface area contributed by atoms with Crippen LogP contribution in [0.1, 0.15) is 11.6 Å². The number of hydrogen-bond acceptors (Lipinski definition) is 5. The minimum atomic E-state index is -0.692. The fourth-order valence-corrected chi connectivity index (χ4v) is 4.45. The molecule has 3 aromatic carbocycles. The molecular weight excluding hydrogens is 449 g/mol. The number of nitrogens with zero attached hydrogens (tertiary/aromatic N) is 2. The minimum absolute atomic E-state index is 0.119. The maximum absolute atomic E-state index is 13.3. The third-order valence-corrected chi connectivity index (χ3v) is 6.25. The van der Waals surface area contributed by atoms with Crippen molar-refractivity contribution in [2.24, 2.45) is 0 Å². The highest BCUT2D eigenvalue weighted by Gasteiger charge is 2.35. The molecule has 0 saturated carbocycles. The molecule has 1 saturated heterocycles. The molecule has 2 amide bonds. The maximum Gasteiger partial charge on any atom is 0.267 e. The molecular formula is C27H26FN3O4. The first-order valence-electron chi connectivity index (χ1n) is 11.6. The monoisotopic (exact) mass is 475 g/mol. The van der Waals surface area contributed by atoms with E-state index >= 15 is 0 Å². The number of benzene rings is 3. The summed E-state index contributed by atoms with van der Waals surface area (Å²) in [4.78, 5) is 30.2. The highest BCUT2D eigenvalue weighted by molar-refractivity contribution is 5.95. The first-order valence-corrected chi connectivity index (χ1v) is 11.6. The van der Waals surface area contributed by atoms with Crippen LogP contribution in [-0.4, -0.2) is 60.5 Å². The van der Waals surface area contributed by atoms with Crippen molar-refractivity contribution >= 4 is 17.5 Å². The summed E-state index contributed by atoms with van der Waals surface area (Å²) < 4.78 is 24.9. The van der Waals surface area contributed by atoms with E-state index in [1.165, 1.54) is 24.3 Å². The lowest BCUT2D eigenvalue weighted by Crippen LogP contribution is -2.55. The Bertz CT molecular complexity index is 1180. The normalized spacial score (nSPS) is 18.5. The third kappa shape index (κ3) is 5.12. The average molecular weight is 476 g/mol. The number of fused-ring (bicyclic) bond motifs is 1. The van der Waals surface area contributed by atoms with E-state index in [1.54, 1.807) is 11.0 Å². The highest BCUT2D eigenvalue weighted by atomic mass is 19.1. The lowest BCUT2D eigenvalue weighted by Gasteiger charge is -2.40. The molecule has 3 aromatic rings. The number of anilines is 1. The van der Waals surface area contributed by atoms with Gasteiger partial charge in [-0.25, -0.2) is 4.39 Å². The van der Waals surface area contributed by atoms with Crippen molar-refractivity contribution in [2.75, 3.05) is 38.1 Å². The average Bonchev–Trinajstić information content (AvgIpc) is 2.90. The quantitative estimate of drug-likeness (QED) is 0.612. The zero-order chi connectivity index (χ0) is 24.2. The molecule has 0 spiro atoms. The van der Waals surface area contributed by atoms with Crippen LogP contribution >= 0.6 is 0 Å². The second kappa shape index (κ2) is 10.1. The van der Waals surface area contributed by atoms with Crippen molar-refractivity contribution in [2.45, 2.75) is 12.1 Å². The molecule has 180 valence electrons. The Kier molecular flexibility index (Phi) is 6.63. The van der Waals surface area contributed by atoms with Crippen LogP contribution in [0.4, 0.5) is 10.1 Å². The smallest absolute Gasteiger partial charge is 0.267 e. The van der Waals surface area contributed by atoms with E-state index in [2.05, 4.69) is 10.2 Å². The molecule has 35 heavy (non-hydrogen) atoms. The maximum atomic E-state index is 13.3. The van der Waals surface area contributed by atoms with Crippen LogP contribution in [0.3, 0.4) is 0 Å². The SMILES string of the molecule is O=C(Nc1ccc(F)cc1)[C@@H](c1ccccc1)N1CCN(C(=O)[C@H]2COc3ccccc3O2)CC1. The summed E-state index contributed by atoms with van der Waals surface area (Å²) in [5.74, 6) is 0.519. The molecule has 5 rings (SSSR count). The summed E-state index contributed by atoms with van der Waals surface area (Å²) in [7, 11) is 0. The summed E-state index contributed by atoms with van der Waals surface area (Å²) in [6, 6.07) is 22.0. The molecule has 0 aliphatic carbocycles. The van der Waals surface area contributed by atoms with Gasteiger partial charge in [0.1, 0.15) is 18.5 Å². The number of halogens is 1. The number of amides is 2. The summed E-state index contributed by atoms with van der Waals surface area (Å²) in [5, 5.41) is 2.90. The van der Waals surface area contributed by atoms with E-state index in [0.717, 1.165) is 5.56 Å². The van der Waals surface area contributed by atoms with Gasteiger partial charge >= 0.3 is 0 Å². The fourth-order valence-electron chi connectivity index (χ4n) is 4.45. The number of rotatable bonds is 5. The second-order valence-corrected chi connectivity index (χ2v) is 8.53. The van der Waals surface area contributed by atoms with Crippen LogP contribution in [0.2, 0.25) is 0 Å². The molecule has 2 aliphatic rings. The molecule has 0 unspecified atom stereocenters. The van der Waals surface area contributed by atoms with Crippen LogP contribution in [0.25, 0.3) is 0 Å². The first kappa shape index (κ1) is 22.9. The van der Waals surface area contributed by atoms with E-state index in [4.69, 9.17) is 9.47 Å². The van der Waals surface area contributed by atoms with Gasteiger partial charge in [-0.1, -0.05) is 42.5 Å². The molecule has 8 heteroatoms. The lowest BCUT2D eigenvalue weighted by molar-refractivity contribution is -0.143. The number of carbonyl (C=O) groups excluding carboxylic acids is 2. The van der Waals surface area contributed by atoms with Gasteiger partial charge < -0.3 is 19.7 Å². The van der Waals surface area contributed by atoms with Crippen molar-refractivity contribution in [1.82, 2.24) is 9.80 Å². The molecule has 2 heterocycles. The number of para-hydroxylation sites is 2. The van der Waals surface area contributed by atoms with Crippen LogP contribution in [-0.2, 0) is 9.59 Å². The van der Waals surface area contributed by atoms with E-state index in [9.17, 15) is 14.0 Å². The molecule has 0 bridgehead atoms. The van der Waals surface area contributed by atoms with E-state index in [-0.39, 0.29) is 24.2 Å². The predicted octanol–water partition coefficient (Wildman–Crippen LogP) is 3.49. The van der Waals surface area contributed by atoms with E-state index < -0.39 is 12.1 Å². The van der Waals surface area contributed by atoms with Crippen molar-refractivity contribution < 1.29 is 23.5 Å². The van der Waals surface area contributed by atoms with Crippen LogP contribution in [0, 0.1) is 5.82 Å². The van der Waals surface area contributed by atoms with Gasteiger partial charge in [0.15, 0.2) is 11.5 Å². The van der Waals surface area contributed by atoms with Gasteiger partial charge in [0.05, 0.1) is 0 Å². The largest absolute Gasteiger partial charge is 0.485 e. The summed E-state index contributed by atoms with van der Waals surface area (Å²) in [5.41, 5.74) is 1.38. The minimum Gasteiger partial charge on any atom is -0.485 e. The molecule has 0 radical (unpaired) electrons. The van der Waals surface area contributed by atoms with Crippen LogP contribution in [0.15, 0.2) is 78.9 Å². The Balaban J connectivity index is 1.25. The van der Waals surface area contributed by atoms with Crippen LogP contribution < -0.4 is 14.8 Å². The number of ether oxygens (including phenoxy) is 2. The van der Waals surface area contributed by atoms with Crippen molar-refractivity contribution in [1.29, 1.82) is 0 Å². The molecule has 1 N–H and O–H groups in total. The predicted molar refractivity (Wildman–Crippen MR) is 129 cm³/mol. The molecule has 2 atom stereocenters. The van der Waals surface area contributed by atoms with Gasteiger partial charge in [-0.3, -0.25) is 14.5 Å². The van der Waals surface area contributed by atoms with Gasteiger partial charge in [0, 0.05) is 31.9 Å².